The van der Waals surface area contributed by atoms with E-state index in [1.807, 2.05) is 24.3 Å². The summed E-state index contributed by atoms with van der Waals surface area (Å²) in [6.07, 6.45) is 2.68. The molecule has 0 radical (unpaired) electrons. The molecule has 0 aliphatic carbocycles. The lowest BCUT2D eigenvalue weighted by Gasteiger charge is -2.24. The third-order valence-electron chi connectivity index (χ3n) is 3.99. The number of carbonyl (C=O) groups is 1. The van der Waals surface area contributed by atoms with Crippen molar-refractivity contribution in [1.29, 1.82) is 0 Å². The molecule has 0 aliphatic rings. The van der Waals surface area contributed by atoms with Crippen LogP contribution in [-0.4, -0.2) is 32.1 Å². The molecule has 1 aromatic heterocycles. The van der Waals surface area contributed by atoms with Crippen molar-refractivity contribution < 1.29 is 17.9 Å². The van der Waals surface area contributed by atoms with Crippen LogP contribution in [0.4, 0.5) is 5.69 Å². The molecule has 2 aromatic carbocycles. The van der Waals surface area contributed by atoms with Gasteiger partial charge in [0.2, 0.25) is 15.9 Å². The van der Waals surface area contributed by atoms with Crippen molar-refractivity contribution in [2.75, 3.05) is 17.1 Å². The molecule has 0 aliphatic heterocycles. The first kappa shape index (κ1) is 20.3. The molecule has 0 saturated heterocycles. The van der Waals surface area contributed by atoms with Crippen molar-refractivity contribution in [2.45, 2.75) is 6.54 Å². The summed E-state index contributed by atoms with van der Waals surface area (Å²) in [5.41, 5.74) is 0.964. The molecule has 3 aromatic rings. The minimum Gasteiger partial charge on any atom is -0.455 e. The third-order valence-corrected chi connectivity index (χ3v) is 5.11. The van der Waals surface area contributed by atoms with E-state index in [1.165, 1.54) is 0 Å². The number of nitrogens with one attached hydrogen (secondary N) is 1. The SMILES string of the molecule is CS(=O)(=O)N(CC(=O)NCc1ccccn1)c1ccccc1Oc1ccccc1. The number of carbonyl (C=O) groups excluding carboxylic acids is 1. The van der Waals surface area contributed by atoms with Crippen LogP contribution < -0.4 is 14.4 Å². The molecule has 1 N–H and O–H groups in total. The number of sulfonamides is 1. The highest BCUT2D eigenvalue weighted by molar-refractivity contribution is 7.92. The summed E-state index contributed by atoms with van der Waals surface area (Å²) in [7, 11) is -3.73. The monoisotopic (exact) mass is 411 g/mol. The summed E-state index contributed by atoms with van der Waals surface area (Å²) >= 11 is 0. The van der Waals surface area contributed by atoms with Crippen LogP contribution in [0.3, 0.4) is 0 Å². The fourth-order valence-electron chi connectivity index (χ4n) is 2.62. The minimum atomic E-state index is -3.73. The molecule has 1 heterocycles. The van der Waals surface area contributed by atoms with Gasteiger partial charge in [0.1, 0.15) is 12.3 Å². The predicted molar refractivity (Wildman–Crippen MR) is 111 cm³/mol. The second kappa shape index (κ2) is 9.20. The second-order valence-electron chi connectivity index (χ2n) is 6.25. The van der Waals surface area contributed by atoms with Gasteiger partial charge in [0, 0.05) is 6.20 Å². The number of benzene rings is 2. The fourth-order valence-corrected chi connectivity index (χ4v) is 3.48. The molecule has 0 fully saturated rings. The van der Waals surface area contributed by atoms with E-state index in [0.29, 0.717) is 17.2 Å². The zero-order valence-electron chi connectivity index (χ0n) is 15.9. The first-order valence-corrected chi connectivity index (χ1v) is 10.7. The first-order chi connectivity index (χ1) is 13.9. The second-order valence-corrected chi connectivity index (χ2v) is 8.16. The third kappa shape index (κ3) is 5.79. The van der Waals surface area contributed by atoms with Crippen molar-refractivity contribution in [3.63, 3.8) is 0 Å². The fraction of sp³-hybridized carbons (Fsp3) is 0.143. The number of pyridine rings is 1. The molecular formula is C21H21N3O4S. The molecule has 29 heavy (non-hydrogen) atoms. The number of amides is 1. The first-order valence-electron chi connectivity index (χ1n) is 8.90. The van der Waals surface area contributed by atoms with E-state index in [9.17, 15) is 13.2 Å². The van der Waals surface area contributed by atoms with Gasteiger partial charge in [-0.3, -0.25) is 14.1 Å². The average Bonchev–Trinajstić information content (AvgIpc) is 2.72. The van der Waals surface area contributed by atoms with E-state index in [-0.39, 0.29) is 18.8 Å². The molecule has 0 atom stereocenters. The van der Waals surface area contributed by atoms with Gasteiger partial charge in [-0.15, -0.1) is 0 Å². The quantitative estimate of drug-likeness (QED) is 0.616. The minimum absolute atomic E-state index is 0.208. The lowest BCUT2D eigenvalue weighted by molar-refractivity contribution is -0.119. The molecule has 7 nitrogen and oxygen atoms in total. The Kier molecular flexibility index (Phi) is 6.46. The Labute approximate surface area is 170 Å². The summed E-state index contributed by atoms with van der Waals surface area (Å²) < 4.78 is 31.7. The molecule has 8 heteroatoms. The number of para-hydroxylation sites is 3. The lowest BCUT2D eigenvalue weighted by Crippen LogP contribution is -2.40. The van der Waals surface area contributed by atoms with Crippen LogP contribution in [0.25, 0.3) is 0 Å². The maximum atomic E-state index is 12.4. The van der Waals surface area contributed by atoms with E-state index in [4.69, 9.17) is 4.74 Å². The molecule has 1 amide bonds. The average molecular weight is 411 g/mol. The van der Waals surface area contributed by atoms with Gasteiger partial charge in [0.05, 0.1) is 24.2 Å². The Morgan fingerprint density at radius 1 is 1.00 bits per heavy atom. The maximum Gasteiger partial charge on any atom is 0.241 e. The smallest absolute Gasteiger partial charge is 0.241 e. The van der Waals surface area contributed by atoms with Crippen molar-refractivity contribution in [3.8, 4) is 11.5 Å². The van der Waals surface area contributed by atoms with Gasteiger partial charge < -0.3 is 10.1 Å². The van der Waals surface area contributed by atoms with E-state index < -0.39 is 15.9 Å². The summed E-state index contributed by atoms with van der Waals surface area (Å²) in [4.78, 5) is 16.6. The summed E-state index contributed by atoms with van der Waals surface area (Å²) in [5, 5.41) is 2.69. The van der Waals surface area contributed by atoms with E-state index >= 15 is 0 Å². The Morgan fingerprint density at radius 3 is 2.38 bits per heavy atom. The topological polar surface area (TPSA) is 88.6 Å². The number of aromatic nitrogens is 1. The molecule has 0 bridgehead atoms. The van der Waals surface area contributed by atoms with Crippen molar-refractivity contribution in [2.24, 2.45) is 0 Å². The number of ether oxygens (including phenoxy) is 1. The van der Waals surface area contributed by atoms with Crippen LogP contribution in [0, 0.1) is 0 Å². The number of anilines is 1. The van der Waals surface area contributed by atoms with Crippen LogP contribution in [0.1, 0.15) is 5.69 Å². The standard InChI is InChI=1S/C21H21N3O4S/c1-29(26,27)24(16-21(25)23-15-17-9-7-8-14-22-17)19-12-5-6-13-20(19)28-18-10-3-2-4-11-18/h2-14H,15-16H2,1H3,(H,23,25). The van der Waals surface area contributed by atoms with Gasteiger partial charge >= 0.3 is 0 Å². The van der Waals surface area contributed by atoms with Crippen molar-refractivity contribution >= 4 is 21.6 Å². The zero-order chi connectivity index (χ0) is 20.7. The Hall–Kier alpha value is -3.39. The highest BCUT2D eigenvalue weighted by Crippen LogP contribution is 2.33. The lowest BCUT2D eigenvalue weighted by atomic mass is 10.2. The number of rotatable bonds is 8. The van der Waals surface area contributed by atoms with Crippen LogP contribution in [-0.2, 0) is 21.4 Å². The summed E-state index contributed by atoms with van der Waals surface area (Å²) in [5.74, 6) is 0.449. The molecule has 3 rings (SSSR count). The van der Waals surface area contributed by atoms with Gasteiger partial charge in [-0.25, -0.2) is 8.42 Å². The van der Waals surface area contributed by atoms with E-state index in [2.05, 4.69) is 10.3 Å². The van der Waals surface area contributed by atoms with Gasteiger partial charge in [0.15, 0.2) is 5.75 Å². The van der Waals surface area contributed by atoms with Crippen LogP contribution in [0.15, 0.2) is 79.0 Å². The number of hydrogen-bond acceptors (Lipinski definition) is 5. The highest BCUT2D eigenvalue weighted by Gasteiger charge is 2.24. The van der Waals surface area contributed by atoms with Gasteiger partial charge in [-0.05, 0) is 36.4 Å². The Balaban J connectivity index is 1.80. The zero-order valence-corrected chi connectivity index (χ0v) is 16.7. The Morgan fingerprint density at radius 2 is 1.69 bits per heavy atom. The number of nitrogens with zero attached hydrogens (tertiary/aromatic N) is 2. The van der Waals surface area contributed by atoms with Crippen LogP contribution in [0.2, 0.25) is 0 Å². The number of hydrogen-bond donors (Lipinski definition) is 1. The summed E-state index contributed by atoms with van der Waals surface area (Å²) in [6, 6.07) is 21.1. The molecule has 0 saturated carbocycles. The molecule has 0 unspecified atom stereocenters. The molecule has 0 spiro atoms. The van der Waals surface area contributed by atoms with Crippen molar-refractivity contribution in [3.05, 3.63) is 84.7 Å². The summed E-state index contributed by atoms with van der Waals surface area (Å²) in [6.45, 7) is -0.166. The normalized spacial score (nSPS) is 10.9. The molecule has 150 valence electrons. The van der Waals surface area contributed by atoms with Gasteiger partial charge in [-0.1, -0.05) is 36.4 Å². The van der Waals surface area contributed by atoms with Gasteiger partial charge in [0.25, 0.3) is 0 Å². The van der Waals surface area contributed by atoms with E-state index in [1.54, 1.807) is 54.7 Å². The largest absolute Gasteiger partial charge is 0.455 e. The highest BCUT2D eigenvalue weighted by atomic mass is 32.2. The molecular weight excluding hydrogens is 390 g/mol. The van der Waals surface area contributed by atoms with Crippen molar-refractivity contribution in [1.82, 2.24) is 10.3 Å². The van der Waals surface area contributed by atoms with E-state index in [0.717, 1.165) is 10.6 Å². The maximum absolute atomic E-state index is 12.4. The van der Waals surface area contributed by atoms with Crippen LogP contribution in [0.5, 0.6) is 11.5 Å². The Bertz CT molecular complexity index is 1060. The van der Waals surface area contributed by atoms with Gasteiger partial charge in [-0.2, -0.15) is 0 Å². The van der Waals surface area contributed by atoms with Crippen LogP contribution >= 0.6 is 0 Å². The predicted octanol–water partition coefficient (Wildman–Crippen LogP) is 2.96.